The van der Waals surface area contributed by atoms with Crippen LogP contribution >= 0.6 is 0 Å². The predicted octanol–water partition coefficient (Wildman–Crippen LogP) is -0.765. The number of nitrogens with zero attached hydrogens (tertiary/aromatic N) is 1. The SMILES string of the molecule is C=CCN(CCN)C(CCN)C(=O)O. The Morgan fingerprint density at radius 1 is 1.50 bits per heavy atom. The second kappa shape index (κ2) is 7.49. The number of rotatable bonds is 8. The smallest absolute Gasteiger partial charge is 0.320 e. The van der Waals surface area contributed by atoms with Gasteiger partial charge >= 0.3 is 5.97 Å². The summed E-state index contributed by atoms with van der Waals surface area (Å²) < 4.78 is 0. The lowest BCUT2D eigenvalue weighted by atomic mass is 10.1. The van der Waals surface area contributed by atoms with Crippen LogP contribution in [-0.2, 0) is 4.79 Å². The minimum Gasteiger partial charge on any atom is -0.480 e. The van der Waals surface area contributed by atoms with Gasteiger partial charge in [-0.1, -0.05) is 6.08 Å². The van der Waals surface area contributed by atoms with E-state index in [0.29, 0.717) is 32.6 Å². The molecule has 0 aliphatic rings. The summed E-state index contributed by atoms with van der Waals surface area (Å²) in [5.74, 6) is -0.856. The molecule has 0 aromatic rings. The molecule has 14 heavy (non-hydrogen) atoms. The molecule has 0 fully saturated rings. The number of carbonyl (C=O) groups is 1. The van der Waals surface area contributed by atoms with Gasteiger partial charge in [-0.2, -0.15) is 0 Å². The Balaban J connectivity index is 4.36. The first-order chi connectivity index (χ1) is 6.67. The van der Waals surface area contributed by atoms with Crippen molar-refractivity contribution >= 4 is 5.97 Å². The zero-order chi connectivity index (χ0) is 11.0. The molecule has 0 spiro atoms. The molecular formula is C9H19N3O2. The van der Waals surface area contributed by atoms with Crippen molar-refractivity contribution in [3.8, 4) is 0 Å². The van der Waals surface area contributed by atoms with Crippen molar-refractivity contribution in [1.82, 2.24) is 4.90 Å². The van der Waals surface area contributed by atoms with E-state index in [-0.39, 0.29) is 0 Å². The first-order valence-electron chi connectivity index (χ1n) is 4.65. The van der Waals surface area contributed by atoms with E-state index in [2.05, 4.69) is 6.58 Å². The normalized spacial score (nSPS) is 12.8. The highest BCUT2D eigenvalue weighted by Crippen LogP contribution is 2.03. The molecule has 1 unspecified atom stereocenters. The molecule has 5 nitrogen and oxygen atoms in total. The summed E-state index contributed by atoms with van der Waals surface area (Å²) in [7, 11) is 0. The van der Waals surface area contributed by atoms with Crippen molar-refractivity contribution in [2.45, 2.75) is 12.5 Å². The molecule has 82 valence electrons. The molecule has 0 aliphatic heterocycles. The van der Waals surface area contributed by atoms with Crippen LogP contribution in [0.25, 0.3) is 0 Å². The van der Waals surface area contributed by atoms with Gasteiger partial charge in [0.2, 0.25) is 0 Å². The van der Waals surface area contributed by atoms with Crippen LogP contribution in [0.5, 0.6) is 0 Å². The minimum atomic E-state index is -0.856. The van der Waals surface area contributed by atoms with Gasteiger partial charge < -0.3 is 16.6 Å². The van der Waals surface area contributed by atoms with Gasteiger partial charge in [0, 0.05) is 19.6 Å². The molecule has 5 N–H and O–H groups in total. The second-order valence-corrected chi connectivity index (χ2v) is 3.00. The zero-order valence-corrected chi connectivity index (χ0v) is 8.35. The molecule has 0 amide bonds. The van der Waals surface area contributed by atoms with Crippen molar-refractivity contribution in [2.75, 3.05) is 26.2 Å². The van der Waals surface area contributed by atoms with Gasteiger partial charge in [0.1, 0.15) is 6.04 Å². The van der Waals surface area contributed by atoms with Crippen LogP contribution in [0.15, 0.2) is 12.7 Å². The fourth-order valence-corrected chi connectivity index (χ4v) is 1.33. The van der Waals surface area contributed by atoms with E-state index in [1.165, 1.54) is 0 Å². The number of carboxylic acids is 1. The Labute approximate surface area is 84.4 Å². The molecule has 0 aromatic carbocycles. The number of nitrogens with two attached hydrogens (primary N) is 2. The Bertz CT molecular complexity index is 185. The van der Waals surface area contributed by atoms with Crippen LogP contribution in [0.1, 0.15) is 6.42 Å². The average molecular weight is 201 g/mol. The van der Waals surface area contributed by atoms with Gasteiger partial charge in [-0.25, -0.2) is 0 Å². The van der Waals surface area contributed by atoms with E-state index in [4.69, 9.17) is 16.6 Å². The third kappa shape index (κ3) is 4.36. The van der Waals surface area contributed by atoms with E-state index >= 15 is 0 Å². The van der Waals surface area contributed by atoms with Crippen LogP contribution in [0, 0.1) is 0 Å². The molecule has 0 aliphatic carbocycles. The van der Waals surface area contributed by atoms with Gasteiger partial charge in [-0.3, -0.25) is 9.69 Å². The van der Waals surface area contributed by atoms with E-state index in [1.54, 1.807) is 11.0 Å². The lowest BCUT2D eigenvalue weighted by Crippen LogP contribution is -2.44. The van der Waals surface area contributed by atoms with Crippen molar-refractivity contribution in [2.24, 2.45) is 11.5 Å². The van der Waals surface area contributed by atoms with Crippen molar-refractivity contribution in [3.05, 3.63) is 12.7 Å². The number of aliphatic carboxylic acids is 1. The lowest BCUT2D eigenvalue weighted by Gasteiger charge is -2.26. The highest BCUT2D eigenvalue weighted by Gasteiger charge is 2.22. The van der Waals surface area contributed by atoms with E-state index in [0.717, 1.165) is 0 Å². The Morgan fingerprint density at radius 3 is 2.50 bits per heavy atom. The molecular weight excluding hydrogens is 182 g/mol. The van der Waals surface area contributed by atoms with Gasteiger partial charge in [-0.05, 0) is 13.0 Å². The summed E-state index contributed by atoms with van der Waals surface area (Å²) >= 11 is 0. The summed E-state index contributed by atoms with van der Waals surface area (Å²) in [6, 6.07) is -0.554. The van der Waals surface area contributed by atoms with Gasteiger partial charge in [0.15, 0.2) is 0 Å². The lowest BCUT2D eigenvalue weighted by molar-refractivity contribution is -0.143. The quantitative estimate of drug-likeness (QED) is 0.449. The molecule has 0 radical (unpaired) electrons. The maximum atomic E-state index is 10.9. The molecule has 0 saturated carbocycles. The number of carboxylic acid groups (broad SMARTS) is 1. The fraction of sp³-hybridized carbons (Fsp3) is 0.667. The Kier molecular flexibility index (Phi) is 7.00. The van der Waals surface area contributed by atoms with Gasteiger partial charge in [0.05, 0.1) is 0 Å². The molecule has 0 saturated heterocycles. The maximum Gasteiger partial charge on any atom is 0.320 e. The highest BCUT2D eigenvalue weighted by molar-refractivity contribution is 5.73. The molecule has 1 atom stereocenters. The van der Waals surface area contributed by atoms with Crippen molar-refractivity contribution in [1.29, 1.82) is 0 Å². The summed E-state index contributed by atoms with van der Waals surface area (Å²) in [5.41, 5.74) is 10.7. The van der Waals surface area contributed by atoms with E-state index < -0.39 is 12.0 Å². The van der Waals surface area contributed by atoms with Crippen LogP contribution < -0.4 is 11.5 Å². The standard InChI is InChI=1S/C9H19N3O2/c1-2-6-12(7-5-11)8(3-4-10)9(13)14/h2,8H,1,3-7,10-11H2,(H,13,14). The fourth-order valence-electron chi connectivity index (χ4n) is 1.33. The maximum absolute atomic E-state index is 10.9. The van der Waals surface area contributed by atoms with Crippen LogP contribution in [0.2, 0.25) is 0 Å². The molecule has 0 heterocycles. The highest BCUT2D eigenvalue weighted by atomic mass is 16.4. The van der Waals surface area contributed by atoms with Crippen LogP contribution in [0.3, 0.4) is 0 Å². The summed E-state index contributed by atoms with van der Waals surface area (Å²) in [4.78, 5) is 12.7. The van der Waals surface area contributed by atoms with Gasteiger partial charge in [0.25, 0.3) is 0 Å². The molecule has 0 rings (SSSR count). The third-order valence-electron chi connectivity index (χ3n) is 1.95. The Morgan fingerprint density at radius 2 is 2.14 bits per heavy atom. The first-order valence-corrected chi connectivity index (χ1v) is 4.65. The summed E-state index contributed by atoms with van der Waals surface area (Å²) in [6.07, 6.45) is 2.10. The molecule has 5 heteroatoms. The van der Waals surface area contributed by atoms with Crippen LogP contribution in [-0.4, -0.2) is 48.2 Å². The first kappa shape index (κ1) is 13.1. The van der Waals surface area contributed by atoms with Crippen molar-refractivity contribution < 1.29 is 9.90 Å². The van der Waals surface area contributed by atoms with E-state index in [1.807, 2.05) is 0 Å². The average Bonchev–Trinajstić information content (AvgIpc) is 2.13. The van der Waals surface area contributed by atoms with E-state index in [9.17, 15) is 4.79 Å². The zero-order valence-electron chi connectivity index (χ0n) is 8.35. The largest absolute Gasteiger partial charge is 0.480 e. The summed E-state index contributed by atoms with van der Waals surface area (Å²) in [6.45, 7) is 5.43. The molecule has 0 aromatic heterocycles. The minimum absolute atomic E-state index is 0.356. The van der Waals surface area contributed by atoms with Crippen LogP contribution in [0.4, 0.5) is 0 Å². The Hall–Kier alpha value is -0.910. The summed E-state index contributed by atoms with van der Waals surface area (Å²) in [5, 5.41) is 8.96. The predicted molar refractivity (Wildman–Crippen MR) is 55.9 cm³/mol. The number of hydrogen-bond donors (Lipinski definition) is 3. The third-order valence-corrected chi connectivity index (χ3v) is 1.95. The molecule has 0 bridgehead atoms. The monoisotopic (exact) mass is 201 g/mol. The van der Waals surface area contributed by atoms with Crippen molar-refractivity contribution in [3.63, 3.8) is 0 Å². The topological polar surface area (TPSA) is 92.6 Å². The second-order valence-electron chi connectivity index (χ2n) is 3.00. The number of hydrogen-bond acceptors (Lipinski definition) is 4. The van der Waals surface area contributed by atoms with Gasteiger partial charge in [-0.15, -0.1) is 6.58 Å².